The molecule has 0 saturated heterocycles. The lowest BCUT2D eigenvalue weighted by molar-refractivity contribution is 0.474. The van der Waals surface area contributed by atoms with E-state index in [2.05, 4.69) is 9.97 Å². The number of phenolic OH excluding ortho intramolecular Hbond substituents is 1. The second kappa shape index (κ2) is 4.89. The van der Waals surface area contributed by atoms with Crippen LogP contribution in [0.4, 0.5) is 0 Å². The molecule has 0 bridgehead atoms. The Labute approximate surface area is 122 Å². The molecular weight excluding hydrogens is 288 g/mol. The first-order valence-electron chi connectivity index (χ1n) is 6.38. The van der Waals surface area contributed by atoms with E-state index < -0.39 is 9.84 Å². The molecular formula is C15H14N2O3S. The highest BCUT2D eigenvalue weighted by molar-refractivity contribution is 7.90. The zero-order valence-corrected chi connectivity index (χ0v) is 12.2. The number of phenols is 1. The zero-order chi connectivity index (χ0) is 15.0. The maximum Gasteiger partial charge on any atom is 0.175 e. The Bertz CT molecular complexity index is 914. The fourth-order valence-corrected chi connectivity index (χ4v) is 2.86. The van der Waals surface area contributed by atoms with Crippen molar-refractivity contribution in [1.29, 1.82) is 0 Å². The smallest absolute Gasteiger partial charge is 0.175 e. The van der Waals surface area contributed by atoms with Crippen LogP contribution in [0.1, 0.15) is 11.4 Å². The molecule has 0 saturated carbocycles. The lowest BCUT2D eigenvalue weighted by Crippen LogP contribution is -1.96. The molecule has 2 aromatic carbocycles. The van der Waals surface area contributed by atoms with Gasteiger partial charge < -0.3 is 10.1 Å². The highest BCUT2D eigenvalue weighted by Crippen LogP contribution is 2.19. The molecule has 0 aliphatic rings. The van der Waals surface area contributed by atoms with Crippen molar-refractivity contribution in [3.8, 4) is 5.75 Å². The third-order valence-electron chi connectivity index (χ3n) is 3.21. The second-order valence-corrected chi connectivity index (χ2v) is 7.00. The summed E-state index contributed by atoms with van der Waals surface area (Å²) in [4.78, 5) is 7.81. The fourth-order valence-electron chi connectivity index (χ4n) is 2.22. The Morgan fingerprint density at radius 3 is 2.71 bits per heavy atom. The van der Waals surface area contributed by atoms with Crippen LogP contribution in [0.5, 0.6) is 5.75 Å². The summed E-state index contributed by atoms with van der Waals surface area (Å²) in [6.07, 6.45) is 1.72. The number of nitrogens with zero attached hydrogens (tertiary/aromatic N) is 1. The van der Waals surface area contributed by atoms with Gasteiger partial charge in [0.15, 0.2) is 9.84 Å². The van der Waals surface area contributed by atoms with Crippen LogP contribution in [0.2, 0.25) is 0 Å². The van der Waals surface area contributed by atoms with Crippen molar-refractivity contribution in [3.63, 3.8) is 0 Å². The standard InChI is InChI=1S/C15H14N2O3S/c1-21(19,20)12-5-6-13-14(9-12)17-15(16-13)8-10-3-2-4-11(18)7-10/h2-7,9,18H,8H2,1H3,(H,16,17). The molecule has 3 aromatic rings. The van der Waals surface area contributed by atoms with E-state index >= 15 is 0 Å². The summed E-state index contributed by atoms with van der Waals surface area (Å²) in [6, 6.07) is 11.8. The maximum absolute atomic E-state index is 11.5. The van der Waals surface area contributed by atoms with E-state index in [1.807, 2.05) is 6.07 Å². The average Bonchev–Trinajstić information content (AvgIpc) is 2.78. The van der Waals surface area contributed by atoms with Gasteiger partial charge in [0.1, 0.15) is 11.6 Å². The quantitative estimate of drug-likeness (QED) is 0.777. The van der Waals surface area contributed by atoms with Gasteiger partial charge in [-0.1, -0.05) is 12.1 Å². The summed E-state index contributed by atoms with van der Waals surface area (Å²) in [5, 5.41) is 9.46. The number of aromatic nitrogens is 2. The van der Waals surface area contributed by atoms with Crippen LogP contribution in [-0.4, -0.2) is 29.7 Å². The first-order valence-corrected chi connectivity index (χ1v) is 8.27. The molecule has 0 fully saturated rings. The number of hydrogen-bond acceptors (Lipinski definition) is 4. The Kier molecular flexibility index (Phi) is 3.17. The molecule has 0 amide bonds. The number of aromatic hydroxyl groups is 1. The highest BCUT2D eigenvalue weighted by atomic mass is 32.2. The van der Waals surface area contributed by atoms with E-state index in [0.29, 0.717) is 11.9 Å². The molecule has 2 N–H and O–H groups in total. The van der Waals surface area contributed by atoms with Gasteiger partial charge in [-0.25, -0.2) is 13.4 Å². The number of rotatable bonds is 3. The molecule has 1 aromatic heterocycles. The van der Waals surface area contributed by atoms with Crippen molar-refractivity contribution >= 4 is 20.9 Å². The van der Waals surface area contributed by atoms with Crippen molar-refractivity contribution in [1.82, 2.24) is 9.97 Å². The summed E-state index contributed by atoms with van der Waals surface area (Å²) < 4.78 is 23.1. The summed E-state index contributed by atoms with van der Waals surface area (Å²) >= 11 is 0. The van der Waals surface area contributed by atoms with Crippen LogP contribution in [0.15, 0.2) is 47.4 Å². The molecule has 6 heteroatoms. The molecule has 3 rings (SSSR count). The van der Waals surface area contributed by atoms with Gasteiger partial charge in [-0.3, -0.25) is 0 Å². The number of hydrogen-bond donors (Lipinski definition) is 2. The van der Waals surface area contributed by atoms with Gasteiger partial charge in [-0.05, 0) is 35.9 Å². The summed E-state index contributed by atoms with van der Waals surface area (Å²) in [7, 11) is -3.23. The zero-order valence-electron chi connectivity index (χ0n) is 11.4. The fraction of sp³-hybridized carbons (Fsp3) is 0.133. The first-order chi connectivity index (χ1) is 9.91. The van der Waals surface area contributed by atoms with E-state index in [4.69, 9.17) is 0 Å². The summed E-state index contributed by atoms with van der Waals surface area (Å²) in [5.74, 6) is 0.934. The van der Waals surface area contributed by atoms with Gasteiger partial charge in [0.25, 0.3) is 0 Å². The lowest BCUT2D eigenvalue weighted by Gasteiger charge is -1.98. The van der Waals surface area contributed by atoms with Crippen molar-refractivity contribution < 1.29 is 13.5 Å². The van der Waals surface area contributed by atoms with Crippen LogP contribution in [0.25, 0.3) is 11.0 Å². The third-order valence-corrected chi connectivity index (χ3v) is 4.32. The predicted molar refractivity (Wildman–Crippen MR) is 80.1 cm³/mol. The summed E-state index contributed by atoms with van der Waals surface area (Å²) in [6.45, 7) is 0. The van der Waals surface area contributed by atoms with Crippen molar-refractivity contribution in [2.45, 2.75) is 11.3 Å². The van der Waals surface area contributed by atoms with Gasteiger partial charge in [-0.15, -0.1) is 0 Å². The van der Waals surface area contributed by atoms with E-state index in [1.165, 1.54) is 6.26 Å². The van der Waals surface area contributed by atoms with Crippen LogP contribution < -0.4 is 0 Å². The molecule has 0 aliphatic carbocycles. The minimum Gasteiger partial charge on any atom is -0.508 e. The molecule has 0 spiro atoms. The predicted octanol–water partition coefficient (Wildman–Crippen LogP) is 2.26. The minimum atomic E-state index is -3.23. The van der Waals surface area contributed by atoms with Gasteiger partial charge in [-0.2, -0.15) is 0 Å². The normalized spacial score (nSPS) is 11.9. The maximum atomic E-state index is 11.5. The number of fused-ring (bicyclic) bond motifs is 1. The number of benzene rings is 2. The molecule has 0 aliphatic heterocycles. The second-order valence-electron chi connectivity index (χ2n) is 4.98. The van der Waals surface area contributed by atoms with Gasteiger partial charge >= 0.3 is 0 Å². The molecule has 0 atom stereocenters. The average molecular weight is 302 g/mol. The van der Waals surface area contributed by atoms with Crippen LogP contribution >= 0.6 is 0 Å². The Hall–Kier alpha value is -2.34. The molecule has 5 nitrogen and oxygen atoms in total. The molecule has 1 heterocycles. The number of imidazole rings is 1. The Morgan fingerprint density at radius 1 is 1.19 bits per heavy atom. The largest absolute Gasteiger partial charge is 0.508 e. The van der Waals surface area contributed by atoms with Gasteiger partial charge in [0.2, 0.25) is 0 Å². The van der Waals surface area contributed by atoms with E-state index in [1.54, 1.807) is 36.4 Å². The molecule has 108 valence electrons. The molecule has 21 heavy (non-hydrogen) atoms. The number of sulfone groups is 1. The van der Waals surface area contributed by atoms with E-state index in [9.17, 15) is 13.5 Å². The molecule has 0 unspecified atom stereocenters. The lowest BCUT2D eigenvalue weighted by atomic mass is 10.1. The van der Waals surface area contributed by atoms with Crippen molar-refractivity contribution in [3.05, 3.63) is 53.9 Å². The van der Waals surface area contributed by atoms with E-state index in [0.717, 1.165) is 16.9 Å². The van der Waals surface area contributed by atoms with Crippen LogP contribution in [0.3, 0.4) is 0 Å². The first kappa shape index (κ1) is 13.6. The summed E-state index contributed by atoms with van der Waals surface area (Å²) in [5.41, 5.74) is 2.34. The third kappa shape index (κ3) is 2.90. The van der Waals surface area contributed by atoms with Crippen molar-refractivity contribution in [2.75, 3.05) is 6.26 Å². The van der Waals surface area contributed by atoms with E-state index in [-0.39, 0.29) is 10.6 Å². The SMILES string of the molecule is CS(=O)(=O)c1ccc2nc(Cc3cccc(O)c3)[nH]c2c1. The molecule has 0 radical (unpaired) electrons. The minimum absolute atomic E-state index is 0.211. The monoisotopic (exact) mass is 302 g/mol. The highest BCUT2D eigenvalue weighted by Gasteiger charge is 2.10. The number of H-pyrrole nitrogens is 1. The van der Waals surface area contributed by atoms with Gasteiger partial charge in [0, 0.05) is 12.7 Å². The topological polar surface area (TPSA) is 83.1 Å². The van der Waals surface area contributed by atoms with Crippen molar-refractivity contribution in [2.24, 2.45) is 0 Å². The van der Waals surface area contributed by atoms with Crippen LogP contribution in [0, 0.1) is 0 Å². The van der Waals surface area contributed by atoms with Gasteiger partial charge in [0.05, 0.1) is 15.9 Å². The Morgan fingerprint density at radius 2 is 2.00 bits per heavy atom. The number of aromatic amines is 1. The number of nitrogens with one attached hydrogen (secondary N) is 1. The van der Waals surface area contributed by atoms with Crippen LogP contribution in [-0.2, 0) is 16.3 Å². The Balaban J connectivity index is 1.98.